The van der Waals surface area contributed by atoms with Gasteiger partial charge in [0.15, 0.2) is 0 Å². The van der Waals surface area contributed by atoms with E-state index in [9.17, 15) is 14.0 Å². The van der Waals surface area contributed by atoms with Crippen molar-refractivity contribution in [2.45, 2.75) is 18.9 Å². The first-order chi connectivity index (χ1) is 12.9. The zero-order valence-corrected chi connectivity index (χ0v) is 15.3. The minimum atomic E-state index is -0.603. The number of anilines is 1. The molecule has 1 spiro atoms. The zero-order valence-electron chi connectivity index (χ0n) is 15.3. The smallest absolute Gasteiger partial charge is 0.257 e. The summed E-state index contributed by atoms with van der Waals surface area (Å²) in [6.07, 6.45) is 2.22. The Balaban J connectivity index is 1.52. The molecule has 142 valence electrons. The summed E-state index contributed by atoms with van der Waals surface area (Å²) >= 11 is 0. The topological polar surface area (TPSA) is 67.7 Å². The van der Waals surface area contributed by atoms with Crippen LogP contribution in [-0.4, -0.2) is 58.3 Å². The van der Waals surface area contributed by atoms with E-state index in [0.717, 1.165) is 5.69 Å². The Kier molecular flexibility index (Phi) is 4.22. The summed E-state index contributed by atoms with van der Waals surface area (Å²) in [6, 6.07) is 5.84. The number of benzene rings is 1. The van der Waals surface area contributed by atoms with E-state index in [2.05, 4.69) is 5.10 Å². The Morgan fingerprint density at radius 3 is 2.67 bits per heavy atom. The first-order valence-corrected chi connectivity index (χ1v) is 8.86. The lowest BCUT2D eigenvalue weighted by Crippen LogP contribution is -2.56. The van der Waals surface area contributed by atoms with Crippen molar-refractivity contribution in [2.75, 3.05) is 31.1 Å². The number of aryl methyl sites for hydroxylation is 1. The summed E-state index contributed by atoms with van der Waals surface area (Å²) in [5.74, 6) is -0.593. The summed E-state index contributed by atoms with van der Waals surface area (Å²) in [5.41, 5.74) is 1.43. The van der Waals surface area contributed by atoms with Crippen molar-refractivity contribution in [3.63, 3.8) is 0 Å². The summed E-state index contributed by atoms with van der Waals surface area (Å²) in [5, 5.41) is 4.14. The van der Waals surface area contributed by atoms with Gasteiger partial charge in [0.05, 0.1) is 24.8 Å². The monoisotopic (exact) mass is 372 g/mol. The quantitative estimate of drug-likeness (QED) is 0.802. The van der Waals surface area contributed by atoms with Gasteiger partial charge >= 0.3 is 0 Å². The van der Waals surface area contributed by atoms with Crippen LogP contribution in [0.1, 0.15) is 22.5 Å². The average molecular weight is 372 g/mol. The van der Waals surface area contributed by atoms with Crippen LogP contribution in [0.5, 0.6) is 0 Å². The second kappa shape index (κ2) is 6.45. The van der Waals surface area contributed by atoms with E-state index in [1.165, 1.54) is 12.1 Å². The van der Waals surface area contributed by atoms with Crippen LogP contribution in [0.4, 0.5) is 10.1 Å². The highest BCUT2D eigenvalue weighted by atomic mass is 19.1. The van der Waals surface area contributed by atoms with Crippen LogP contribution in [0, 0.1) is 12.7 Å². The maximum atomic E-state index is 13.2. The largest absolute Gasteiger partial charge is 0.361 e. The van der Waals surface area contributed by atoms with Gasteiger partial charge in [0.2, 0.25) is 0 Å². The number of rotatable bonds is 2. The highest BCUT2D eigenvalue weighted by Crippen LogP contribution is 2.33. The maximum absolute atomic E-state index is 13.2. The van der Waals surface area contributed by atoms with Gasteiger partial charge in [-0.3, -0.25) is 14.3 Å². The Morgan fingerprint density at radius 2 is 2.00 bits per heavy atom. The molecule has 0 aliphatic carbocycles. The van der Waals surface area contributed by atoms with Crippen molar-refractivity contribution >= 4 is 17.5 Å². The first kappa shape index (κ1) is 17.7. The standard InChI is InChI=1S/C19H21FN4O3/c1-13-16(9-21-22(13)2)18(26)23-8-7-19(11-23)12-24(17(25)10-27-19)15-5-3-14(20)4-6-15/h3-6,9H,7-8,10-12H2,1-2H3. The van der Waals surface area contributed by atoms with Crippen LogP contribution in [0.3, 0.4) is 0 Å². The molecule has 2 aliphatic heterocycles. The second-order valence-electron chi connectivity index (χ2n) is 7.17. The molecule has 1 atom stereocenters. The maximum Gasteiger partial charge on any atom is 0.257 e. The summed E-state index contributed by atoms with van der Waals surface area (Å²) in [4.78, 5) is 28.5. The highest BCUT2D eigenvalue weighted by molar-refractivity contribution is 5.96. The Morgan fingerprint density at radius 1 is 1.26 bits per heavy atom. The molecule has 1 aromatic heterocycles. The molecule has 2 aromatic rings. The molecule has 1 unspecified atom stereocenters. The van der Waals surface area contributed by atoms with Crippen molar-refractivity contribution in [3.05, 3.63) is 47.5 Å². The predicted octanol–water partition coefficient (Wildman–Crippen LogP) is 1.52. The Bertz CT molecular complexity index is 895. The normalized spacial score (nSPS) is 22.7. The number of hydrogen-bond donors (Lipinski definition) is 0. The van der Waals surface area contributed by atoms with E-state index in [1.807, 2.05) is 6.92 Å². The van der Waals surface area contributed by atoms with Crippen LogP contribution in [-0.2, 0) is 16.6 Å². The fourth-order valence-electron chi connectivity index (χ4n) is 3.71. The van der Waals surface area contributed by atoms with E-state index in [0.29, 0.717) is 37.3 Å². The third kappa shape index (κ3) is 3.10. The van der Waals surface area contributed by atoms with Gasteiger partial charge in [-0.25, -0.2) is 4.39 Å². The van der Waals surface area contributed by atoms with Crippen LogP contribution < -0.4 is 4.90 Å². The summed E-state index contributed by atoms with van der Waals surface area (Å²) < 4.78 is 20.8. The van der Waals surface area contributed by atoms with E-state index in [-0.39, 0.29) is 24.2 Å². The number of likely N-dealkylation sites (tertiary alicyclic amines) is 1. The average Bonchev–Trinajstić information content (AvgIpc) is 3.22. The third-order valence-corrected chi connectivity index (χ3v) is 5.46. The number of ether oxygens (including phenoxy) is 1. The number of carbonyl (C=O) groups is 2. The van der Waals surface area contributed by atoms with Gasteiger partial charge in [-0.05, 0) is 37.6 Å². The van der Waals surface area contributed by atoms with Crippen molar-refractivity contribution in [1.82, 2.24) is 14.7 Å². The van der Waals surface area contributed by atoms with E-state index < -0.39 is 5.60 Å². The first-order valence-electron chi connectivity index (χ1n) is 8.86. The third-order valence-electron chi connectivity index (χ3n) is 5.46. The number of hydrogen-bond acceptors (Lipinski definition) is 4. The molecule has 7 nitrogen and oxygen atoms in total. The molecule has 1 aromatic carbocycles. The molecule has 4 rings (SSSR count). The second-order valence-corrected chi connectivity index (χ2v) is 7.17. The van der Waals surface area contributed by atoms with Crippen LogP contribution >= 0.6 is 0 Å². The fraction of sp³-hybridized carbons (Fsp3) is 0.421. The van der Waals surface area contributed by atoms with Gasteiger partial charge in [0.25, 0.3) is 11.8 Å². The molecular formula is C19H21FN4O3. The molecule has 0 saturated carbocycles. The molecule has 2 amide bonds. The van der Waals surface area contributed by atoms with E-state index in [1.54, 1.807) is 39.9 Å². The number of morpholine rings is 1. The summed E-state index contributed by atoms with van der Waals surface area (Å²) in [6.45, 7) is 3.11. The lowest BCUT2D eigenvalue weighted by molar-refractivity contribution is -0.137. The van der Waals surface area contributed by atoms with E-state index >= 15 is 0 Å². The predicted molar refractivity (Wildman–Crippen MR) is 95.9 cm³/mol. The van der Waals surface area contributed by atoms with Crippen molar-refractivity contribution in [3.8, 4) is 0 Å². The minimum Gasteiger partial charge on any atom is -0.361 e. The highest BCUT2D eigenvalue weighted by Gasteiger charge is 2.47. The number of amides is 2. The van der Waals surface area contributed by atoms with Gasteiger partial charge in [0, 0.05) is 25.0 Å². The van der Waals surface area contributed by atoms with Crippen LogP contribution in [0.25, 0.3) is 0 Å². The molecule has 8 heteroatoms. The minimum absolute atomic E-state index is 0.0503. The number of carbonyl (C=O) groups excluding carboxylic acids is 2. The molecule has 0 N–H and O–H groups in total. The van der Waals surface area contributed by atoms with Gasteiger partial charge in [0.1, 0.15) is 18.0 Å². The number of aromatic nitrogens is 2. The Hall–Kier alpha value is -2.74. The number of nitrogens with zero attached hydrogens (tertiary/aromatic N) is 4. The lowest BCUT2D eigenvalue weighted by atomic mass is 10.00. The fourth-order valence-corrected chi connectivity index (χ4v) is 3.71. The van der Waals surface area contributed by atoms with Crippen LogP contribution in [0.15, 0.2) is 30.5 Å². The molecule has 27 heavy (non-hydrogen) atoms. The van der Waals surface area contributed by atoms with Gasteiger partial charge in [-0.15, -0.1) is 0 Å². The Labute approximate surface area is 156 Å². The molecule has 2 aliphatic rings. The van der Waals surface area contributed by atoms with Crippen molar-refractivity contribution < 1.29 is 18.7 Å². The molecular weight excluding hydrogens is 351 g/mol. The SMILES string of the molecule is Cc1c(C(=O)N2CCC3(C2)CN(c2ccc(F)cc2)C(=O)CO3)cnn1C. The van der Waals surface area contributed by atoms with E-state index in [4.69, 9.17) is 4.74 Å². The zero-order chi connectivity index (χ0) is 19.2. The van der Waals surface area contributed by atoms with Gasteiger partial charge in [-0.2, -0.15) is 5.10 Å². The van der Waals surface area contributed by atoms with Crippen molar-refractivity contribution in [1.29, 1.82) is 0 Å². The summed E-state index contributed by atoms with van der Waals surface area (Å²) in [7, 11) is 1.80. The van der Waals surface area contributed by atoms with Crippen molar-refractivity contribution in [2.24, 2.45) is 7.05 Å². The molecule has 3 heterocycles. The lowest BCUT2D eigenvalue weighted by Gasteiger charge is -2.40. The molecule has 0 bridgehead atoms. The molecule has 0 radical (unpaired) electrons. The van der Waals surface area contributed by atoms with Gasteiger partial charge in [-0.1, -0.05) is 0 Å². The number of halogens is 1. The van der Waals surface area contributed by atoms with Gasteiger partial charge < -0.3 is 14.5 Å². The molecule has 2 fully saturated rings. The molecule has 2 saturated heterocycles. The van der Waals surface area contributed by atoms with Crippen LogP contribution in [0.2, 0.25) is 0 Å².